The highest BCUT2D eigenvalue weighted by molar-refractivity contribution is 5.92. The number of benzene rings is 6. The molecule has 0 fully saturated rings. The van der Waals surface area contributed by atoms with Gasteiger partial charge in [0.2, 0.25) is 0 Å². The van der Waals surface area contributed by atoms with E-state index in [0.29, 0.717) is 0 Å². The lowest BCUT2D eigenvalue weighted by molar-refractivity contribution is 0.586. The molecule has 8 rings (SSSR count). The van der Waals surface area contributed by atoms with Crippen LogP contribution in [0.5, 0.6) is 0 Å². The normalized spacial score (nSPS) is 13.4. The maximum absolute atomic E-state index is 4.14. The minimum atomic E-state index is -0.172. The summed E-state index contributed by atoms with van der Waals surface area (Å²) in [6.07, 6.45) is 13.7. The molecule has 2 aliphatic rings. The van der Waals surface area contributed by atoms with Crippen molar-refractivity contribution in [3.63, 3.8) is 0 Å². The fourth-order valence-corrected chi connectivity index (χ4v) is 8.54. The van der Waals surface area contributed by atoms with Crippen LogP contribution in [0.1, 0.15) is 81.3 Å². The molecule has 0 aliphatic heterocycles. The fraction of sp³-hybridized carbons (Fsp3) is 0.208. The Morgan fingerprint density at radius 2 is 1.15 bits per heavy atom. The average molecular weight is 686 g/mol. The first-order valence-electron chi connectivity index (χ1n) is 19.2. The van der Waals surface area contributed by atoms with E-state index in [-0.39, 0.29) is 10.8 Å². The number of hydrogen-bond donors (Lipinski definition) is 0. The van der Waals surface area contributed by atoms with Crippen LogP contribution in [-0.2, 0) is 23.7 Å². The van der Waals surface area contributed by atoms with Crippen molar-refractivity contribution in [2.45, 2.75) is 71.6 Å². The lowest BCUT2D eigenvalue weighted by Gasteiger charge is -2.30. The fourth-order valence-electron chi connectivity index (χ4n) is 8.54. The second-order valence-electron chi connectivity index (χ2n) is 16.8. The smallest absolute Gasteiger partial charge is 0.000453 e. The standard InChI is InChI=1S/C53H49/c1-52(2,3)46-35-44-41(33-43(46)38-25-15-9-16-26-38)34-45-47(39-29-19-20-30-39)48(40-27-17-10-18-28-40)51(53(4,5)6)49(50(44)45)42(31-36-21-11-7-12-22-36)32-37-23-13-8-14-24-37/h7-29,33,35H,30-32H2,1-6H3. The Kier molecular flexibility index (Phi) is 9.03. The number of rotatable bonds is 7. The van der Waals surface area contributed by atoms with Crippen molar-refractivity contribution in [3.8, 4) is 22.3 Å². The molecular weight excluding hydrogens is 637 g/mol. The zero-order chi connectivity index (χ0) is 36.7. The van der Waals surface area contributed by atoms with Crippen LogP contribution in [0.25, 0.3) is 39.5 Å². The largest absolute Gasteiger partial charge is 0.0801 e. The Labute approximate surface area is 315 Å². The van der Waals surface area contributed by atoms with Gasteiger partial charge in [0.25, 0.3) is 0 Å². The molecule has 0 amide bonds. The van der Waals surface area contributed by atoms with Crippen molar-refractivity contribution in [2.75, 3.05) is 0 Å². The van der Waals surface area contributed by atoms with Crippen molar-refractivity contribution in [2.24, 2.45) is 0 Å². The van der Waals surface area contributed by atoms with Gasteiger partial charge in [-0.15, -0.1) is 0 Å². The summed E-state index contributed by atoms with van der Waals surface area (Å²) in [6.45, 7) is 14.3. The molecule has 2 aliphatic carbocycles. The lowest BCUT2D eigenvalue weighted by atomic mass is 9.73. The van der Waals surface area contributed by atoms with E-state index in [0.717, 1.165) is 19.3 Å². The highest BCUT2D eigenvalue weighted by atomic mass is 14.3. The van der Waals surface area contributed by atoms with Gasteiger partial charge >= 0.3 is 0 Å². The van der Waals surface area contributed by atoms with E-state index in [1.807, 2.05) is 0 Å². The summed E-state index contributed by atoms with van der Waals surface area (Å²) in [6, 6.07) is 49.2. The van der Waals surface area contributed by atoms with Gasteiger partial charge in [0.15, 0.2) is 0 Å². The van der Waals surface area contributed by atoms with Crippen molar-refractivity contribution >= 4 is 17.2 Å². The molecule has 53 heavy (non-hydrogen) atoms. The summed E-state index contributed by atoms with van der Waals surface area (Å²) < 4.78 is 0. The Balaban J connectivity index is 1.66. The van der Waals surface area contributed by atoms with Gasteiger partial charge in [-0.2, -0.15) is 0 Å². The number of fused-ring (bicyclic) bond motifs is 2. The van der Waals surface area contributed by atoms with Gasteiger partial charge in [0, 0.05) is 0 Å². The summed E-state index contributed by atoms with van der Waals surface area (Å²) in [4.78, 5) is 0. The van der Waals surface area contributed by atoms with Crippen molar-refractivity contribution < 1.29 is 0 Å². The van der Waals surface area contributed by atoms with Crippen molar-refractivity contribution in [3.05, 3.63) is 206 Å². The quantitative estimate of drug-likeness (QED) is 0.157. The van der Waals surface area contributed by atoms with Crippen LogP contribution in [0.4, 0.5) is 0 Å². The number of hydrogen-bond acceptors (Lipinski definition) is 0. The van der Waals surface area contributed by atoms with E-state index in [1.54, 1.807) is 0 Å². The van der Waals surface area contributed by atoms with E-state index in [2.05, 4.69) is 199 Å². The first kappa shape index (κ1) is 34.6. The Morgan fingerprint density at radius 3 is 1.66 bits per heavy atom. The third-order valence-electron chi connectivity index (χ3n) is 10.9. The van der Waals surface area contributed by atoms with E-state index in [1.165, 1.54) is 87.7 Å². The summed E-state index contributed by atoms with van der Waals surface area (Å²) in [7, 11) is 0. The summed E-state index contributed by atoms with van der Waals surface area (Å²) in [5, 5.41) is 5.23. The van der Waals surface area contributed by atoms with Crippen molar-refractivity contribution in [1.29, 1.82) is 0 Å². The van der Waals surface area contributed by atoms with Crippen LogP contribution in [0.3, 0.4) is 0 Å². The molecule has 0 saturated carbocycles. The predicted molar refractivity (Wildman–Crippen MR) is 226 cm³/mol. The zero-order valence-electron chi connectivity index (χ0n) is 32.1. The van der Waals surface area contributed by atoms with Gasteiger partial charge in [-0.1, -0.05) is 187 Å². The molecule has 0 saturated heterocycles. The summed E-state index contributed by atoms with van der Waals surface area (Å²) in [5.41, 5.74) is 15.8. The van der Waals surface area contributed by atoms with Crippen LogP contribution < -0.4 is 10.4 Å². The molecule has 0 N–H and O–H groups in total. The van der Waals surface area contributed by atoms with Crippen LogP contribution in [-0.4, -0.2) is 0 Å². The topological polar surface area (TPSA) is 0 Å². The van der Waals surface area contributed by atoms with E-state index < -0.39 is 0 Å². The molecule has 6 aromatic carbocycles. The molecule has 0 nitrogen and oxygen atoms in total. The van der Waals surface area contributed by atoms with Crippen LogP contribution >= 0.6 is 0 Å². The van der Waals surface area contributed by atoms with E-state index >= 15 is 0 Å². The minimum Gasteiger partial charge on any atom is -0.0801 e. The first-order chi connectivity index (χ1) is 25.6. The van der Waals surface area contributed by atoms with Crippen LogP contribution in [0.15, 0.2) is 152 Å². The van der Waals surface area contributed by atoms with E-state index in [9.17, 15) is 0 Å². The van der Waals surface area contributed by atoms with Gasteiger partial charge in [0.05, 0.1) is 0 Å². The minimum absolute atomic E-state index is 0.0681. The Morgan fingerprint density at radius 1 is 0.604 bits per heavy atom. The molecule has 261 valence electrons. The highest BCUT2D eigenvalue weighted by Gasteiger charge is 2.31. The average Bonchev–Trinajstić information content (AvgIpc) is 3.82. The van der Waals surface area contributed by atoms with Gasteiger partial charge in [-0.3, -0.25) is 0 Å². The molecule has 0 atom stereocenters. The lowest BCUT2D eigenvalue weighted by Crippen LogP contribution is -2.30. The Bertz CT molecular complexity index is 2550. The molecular formula is C53H49. The Hall–Kier alpha value is -5.46. The first-order valence-corrected chi connectivity index (χ1v) is 19.2. The van der Waals surface area contributed by atoms with Crippen LogP contribution in [0.2, 0.25) is 0 Å². The van der Waals surface area contributed by atoms with Gasteiger partial charge in [0.1, 0.15) is 0 Å². The van der Waals surface area contributed by atoms with Gasteiger partial charge in [-0.25, -0.2) is 0 Å². The molecule has 0 heteroatoms. The molecule has 0 unspecified atom stereocenters. The highest BCUT2D eigenvalue weighted by Crippen LogP contribution is 2.43. The molecule has 0 heterocycles. The second kappa shape index (κ2) is 13.8. The van der Waals surface area contributed by atoms with E-state index in [4.69, 9.17) is 0 Å². The van der Waals surface area contributed by atoms with Gasteiger partial charge in [-0.05, 0) is 130 Å². The monoisotopic (exact) mass is 685 g/mol. The zero-order valence-corrected chi connectivity index (χ0v) is 32.1. The summed E-state index contributed by atoms with van der Waals surface area (Å²) in [5.74, 6) is 0. The molecule has 0 bridgehead atoms. The second-order valence-corrected chi connectivity index (χ2v) is 16.8. The molecule has 1 radical (unpaired) electrons. The third-order valence-corrected chi connectivity index (χ3v) is 10.9. The predicted octanol–water partition coefficient (Wildman–Crippen LogP) is 11.9. The maximum Gasteiger partial charge on any atom is -0.000453 e. The number of allylic oxidation sites excluding steroid dienone is 4. The maximum atomic E-state index is 4.14. The molecule has 0 aromatic heterocycles. The summed E-state index contributed by atoms with van der Waals surface area (Å²) >= 11 is 0. The molecule has 0 spiro atoms. The van der Waals surface area contributed by atoms with Crippen molar-refractivity contribution in [1.82, 2.24) is 0 Å². The molecule has 6 aromatic rings. The van der Waals surface area contributed by atoms with Crippen LogP contribution in [0, 0.1) is 10.4 Å². The van der Waals surface area contributed by atoms with Gasteiger partial charge < -0.3 is 0 Å². The third kappa shape index (κ3) is 6.68. The SMILES string of the molecule is CC(C)(C)c1cc2c(cc1-c1ccccc1)=[C]c1c(C3=CC=CC3)c(-c3ccccc3)c(C(C)(C)C)c(=C(Cc3ccccc3)Cc3ccccc3)c1=2.